The van der Waals surface area contributed by atoms with Crippen LogP contribution in [0.5, 0.6) is 0 Å². The standard InChI is InChI=1S/C8H12.C6H5Cl.Ru/c1-2-4-6-8-7-5-3-1;7-6-4-2-1-3-5-6;/h1-2,7-8H,3-6H2;1-5H;. The Bertz CT molecular complexity index is 109. The first kappa shape index (κ1) is 16.9. The van der Waals surface area contributed by atoms with Crippen molar-refractivity contribution in [3.05, 3.63) is 63.2 Å². The van der Waals surface area contributed by atoms with Gasteiger partial charge in [-0.25, -0.2) is 0 Å². The van der Waals surface area contributed by atoms with E-state index < -0.39 is 0 Å². The monoisotopic (exact) mass is 322 g/mol. The van der Waals surface area contributed by atoms with Gasteiger partial charge in [-0.15, -0.1) is 11.6 Å². The smallest absolute Gasteiger partial charge is 0.0712 e. The molecule has 0 nitrogen and oxygen atoms in total. The summed E-state index contributed by atoms with van der Waals surface area (Å²) in [6.45, 7) is 0. The zero-order valence-corrected chi connectivity index (χ0v) is 11.8. The molecule has 2 aliphatic carbocycles. The van der Waals surface area contributed by atoms with Crippen molar-refractivity contribution in [2.45, 2.75) is 25.7 Å². The molecule has 0 aromatic carbocycles. The quantitative estimate of drug-likeness (QED) is 0.587. The van der Waals surface area contributed by atoms with Gasteiger partial charge in [0.15, 0.2) is 0 Å². The van der Waals surface area contributed by atoms with Crippen LogP contribution in [0.3, 0.4) is 0 Å². The Morgan fingerprint density at radius 2 is 1.06 bits per heavy atom. The predicted molar refractivity (Wildman–Crippen MR) is 66.3 cm³/mol. The van der Waals surface area contributed by atoms with E-state index in [1.54, 1.807) is 0 Å². The maximum absolute atomic E-state index is 5.54. The van der Waals surface area contributed by atoms with Gasteiger partial charge in [-0.1, -0.05) is 0 Å². The van der Waals surface area contributed by atoms with E-state index in [2.05, 4.69) is 25.7 Å². The second-order valence-corrected chi connectivity index (χ2v) is 3.83. The Balaban J connectivity index is 0.000000267. The van der Waals surface area contributed by atoms with Gasteiger partial charge in [-0.2, -0.15) is 0 Å². The van der Waals surface area contributed by atoms with E-state index in [9.17, 15) is 0 Å². The molecule has 16 heavy (non-hydrogen) atoms. The number of rotatable bonds is 0. The Morgan fingerprint density at radius 1 is 0.688 bits per heavy atom. The second kappa shape index (κ2) is 12.4. The summed E-state index contributed by atoms with van der Waals surface area (Å²) in [5.74, 6) is 0. The van der Waals surface area contributed by atoms with Crippen molar-refractivity contribution in [3.8, 4) is 0 Å². The Morgan fingerprint density at radius 3 is 1.31 bits per heavy atom. The molecule has 0 heterocycles. The molecule has 0 aliphatic heterocycles. The summed E-state index contributed by atoms with van der Waals surface area (Å²) in [6, 6.07) is 0. The molecule has 2 heteroatoms. The minimum Gasteiger partial charge on any atom is -0.117 e. The van der Waals surface area contributed by atoms with Crippen LogP contribution in [0.4, 0.5) is 0 Å². The molecule has 0 spiro atoms. The molecule has 0 amide bonds. The Kier molecular flexibility index (Phi) is 13.1. The Hall–Kier alpha value is 0.913. The first-order valence-electron chi connectivity index (χ1n) is 5.40. The molecular formula is C14H17ClRu. The first-order valence-corrected chi connectivity index (χ1v) is 5.78. The normalized spacial score (nSPS) is 23.1. The molecular weight excluding hydrogens is 305 g/mol. The third kappa shape index (κ3) is 10.1. The number of hydrogen-bond donors (Lipinski definition) is 0. The van der Waals surface area contributed by atoms with Crippen molar-refractivity contribution in [1.82, 2.24) is 0 Å². The van der Waals surface area contributed by atoms with Gasteiger partial charge in [0, 0.05) is 19.5 Å². The molecule has 0 aromatic heterocycles. The minimum absolute atomic E-state index is 0. The molecule has 0 unspecified atom stereocenters. The molecule has 2 fully saturated rings. The van der Waals surface area contributed by atoms with E-state index in [0.717, 1.165) is 5.38 Å². The van der Waals surface area contributed by atoms with E-state index >= 15 is 0 Å². The van der Waals surface area contributed by atoms with Gasteiger partial charge < -0.3 is 0 Å². The largest absolute Gasteiger partial charge is 0.117 e. The Labute approximate surface area is 120 Å². The van der Waals surface area contributed by atoms with E-state index in [1.807, 2.05) is 32.1 Å². The van der Waals surface area contributed by atoms with Crippen LogP contribution in [-0.4, -0.2) is 0 Å². The summed E-state index contributed by atoms with van der Waals surface area (Å²) in [6.07, 6.45) is 23.4. The SMILES string of the molecule is Cl[C]1[CH][CH][CH][CH][CH]1.[CH]1[CH]CC[CH][CH]CC1.[Ru]. The summed E-state index contributed by atoms with van der Waals surface area (Å²) in [4.78, 5) is 0. The summed E-state index contributed by atoms with van der Waals surface area (Å²) in [5, 5.41) is 0.794. The molecule has 0 bridgehead atoms. The van der Waals surface area contributed by atoms with E-state index in [-0.39, 0.29) is 19.5 Å². The fourth-order valence-electron chi connectivity index (χ4n) is 1.27. The van der Waals surface area contributed by atoms with Crippen LogP contribution in [0.25, 0.3) is 0 Å². The molecule has 10 radical (unpaired) electrons. The van der Waals surface area contributed by atoms with E-state index in [1.165, 1.54) is 25.7 Å². The van der Waals surface area contributed by atoms with Crippen LogP contribution in [-0.2, 0) is 19.5 Å². The van der Waals surface area contributed by atoms with Crippen molar-refractivity contribution in [2.75, 3.05) is 0 Å². The third-order valence-corrected chi connectivity index (χ3v) is 2.32. The van der Waals surface area contributed by atoms with Gasteiger partial charge >= 0.3 is 0 Å². The van der Waals surface area contributed by atoms with Crippen molar-refractivity contribution < 1.29 is 19.5 Å². The maximum Gasteiger partial charge on any atom is 0.0712 e. The summed E-state index contributed by atoms with van der Waals surface area (Å²) in [7, 11) is 0. The maximum atomic E-state index is 5.54. The fourth-order valence-corrected chi connectivity index (χ4v) is 1.42. The van der Waals surface area contributed by atoms with Gasteiger partial charge in [0.25, 0.3) is 0 Å². The predicted octanol–water partition coefficient (Wildman–Crippen LogP) is 4.17. The molecule has 0 saturated heterocycles. The molecule has 2 saturated carbocycles. The minimum atomic E-state index is 0. The molecule has 2 rings (SSSR count). The molecule has 0 atom stereocenters. The third-order valence-electron chi connectivity index (χ3n) is 2.07. The molecule has 0 N–H and O–H groups in total. The molecule has 0 aromatic rings. The average Bonchev–Trinajstić information content (AvgIpc) is 2.18. The number of halogens is 1. The molecule has 2 aliphatic rings. The zero-order valence-electron chi connectivity index (χ0n) is 9.26. The molecule has 88 valence electrons. The number of hydrogen-bond acceptors (Lipinski definition) is 0. The van der Waals surface area contributed by atoms with Gasteiger partial charge in [0.2, 0.25) is 0 Å². The topological polar surface area (TPSA) is 0 Å². The second-order valence-electron chi connectivity index (χ2n) is 3.39. The summed E-state index contributed by atoms with van der Waals surface area (Å²) >= 11 is 5.54. The van der Waals surface area contributed by atoms with Gasteiger partial charge in [0.05, 0.1) is 5.38 Å². The average molecular weight is 322 g/mol. The van der Waals surface area contributed by atoms with Crippen LogP contribution in [0.1, 0.15) is 25.7 Å². The van der Waals surface area contributed by atoms with Crippen LogP contribution in [0.15, 0.2) is 0 Å². The summed E-state index contributed by atoms with van der Waals surface area (Å²) < 4.78 is 0. The van der Waals surface area contributed by atoms with Gasteiger partial charge in [-0.3, -0.25) is 0 Å². The van der Waals surface area contributed by atoms with Crippen LogP contribution in [0.2, 0.25) is 0 Å². The van der Waals surface area contributed by atoms with E-state index in [0.29, 0.717) is 0 Å². The van der Waals surface area contributed by atoms with Crippen molar-refractivity contribution >= 4 is 11.6 Å². The van der Waals surface area contributed by atoms with Crippen LogP contribution < -0.4 is 0 Å². The van der Waals surface area contributed by atoms with Gasteiger partial charge in [0.1, 0.15) is 0 Å². The van der Waals surface area contributed by atoms with Crippen LogP contribution >= 0.6 is 11.6 Å². The van der Waals surface area contributed by atoms with Crippen molar-refractivity contribution in [3.63, 3.8) is 0 Å². The van der Waals surface area contributed by atoms with E-state index in [4.69, 9.17) is 11.6 Å². The first-order chi connectivity index (χ1) is 7.39. The fraction of sp³-hybridized carbons (Fsp3) is 0.286. The zero-order chi connectivity index (χ0) is 10.8. The summed E-state index contributed by atoms with van der Waals surface area (Å²) in [5.41, 5.74) is 0. The van der Waals surface area contributed by atoms with Crippen molar-refractivity contribution in [2.24, 2.45) is 0 Å². The van der Waals surface area contributed by atoms with Gasteiger partial charge in [-0.05, 0) is 83.5 Å². The van der Waals surface area contributed by atoms with Crippen molar-refractivity contribution in [1.29, 1.82) is 0 Å². The van der Waals surface area contributed by atoms with Crippen LogP contribution in [0, 0.1) is 63.2 Å².